The van der Waals surface area contributed by atoms with Crippen molar-refractivity contribution < 1.29 is 129 Å². The normalized spacial score (nSPS) is 11.9. The Bertz CT molecular complexity index is 1350. The quantitative estimate of drug-likeness (QED) is 0.126. The van der Waals surface area contributed by atoms with Crippen LogP contribution < -0.4 is 114 Å². The first-order valence-electron chi connectivity index (χ1n) is 8.93. The smallest absolute Gasteiger partial charge is 0.744 e. The summed E-state index contributed by atoms with van der Waals surface area (Å²) in [5.74, 6) is 0. The fourth-order valence-electron chi connectivity index (χ4n) is 2.46. The van der Waals surface area contributed by atoms with Crippen LogP contribution in [0, 0.1) is 0 Å². The van der Waals surface area contributed by atoms with E-state index in [1.807, 2.05) is 18.2 Å². The van der Waals surface area contributed by atoms with Gasteiger partial charge in [0.1, 0.15) is 25.9 Å². The Balaban J connectivity index is 0.00000289. The van der Waals surface area contributed by atoms with Crippen LogP contribution in [0.25, 0.3) is 0 Å². The first-order chi connectivity index (χ1) is 15.1. The van der Waals surface area contributed by atoms with Gasteiger partial charge in [0.2, 0.25) is 0 Å². The Morgan fingerprint density at radius 1 is 0.676 bits per heavy atom. The van der Waals surface area contributed by atoms with E-state index in [2.05, 4.69) is 21.1 Å². The van der Waals surface area contributed by atoms with Crippen LogP contribution in [-0.4, -0.2) is 37.9 Å². The van der Waals surface area contributed by atoms with E-state index in [-0.39, 0.29) is 113 Å². The second kappa shape index (κ2) is 14.4. The third kappa shape index (κ3) is 9.98. The molecule has 0 aliphatic rings. The summed E-state index contributed by atoms with van der Waals surface area (Å²) < 4.78 is 66.0. The van der Waals surface area contributed by atoms with Crippen LogP contribution in [0.5, 0.6) is 0 Å². The molecule has 0 saturated heterocycles. The number of hydrogen-bond acceptors (Lipinski definition) is 10. The number of nitrogens with zero attached hydrogens (tertiary/aromatic N) is 2. The van der Waals surface area contributed by atoms with Crippen molar-refractivity contribution >= 4 is 43.5 Å². The van der Waals surface area contributed by atoms with Gasteiger partial charge in [-0.05, 0) is 48.5 Å². The van der Waals surface area contributed by atoms with Crippen molar-refractivity contribution in [1.29, 1.82) is 0 Å². The van der Waals surface area contributed by atoms with E-state index in [9.17, 15) is 25.9 Å². The molecular formula is C20H16K2N4O6S2. The number of hydrogen-bond donors (Lipinski definition) is 2. The number of rotatable bonds is 8. The molecule has 0 spiro atoms. The van der Waals surface area contributed by atoms with E-state index in [0.29, 0.717) is 17.1 Å². The predicted molar refractivity (Wildman–Crippen MR) is 118 cm³/mol. The van der Waals surface area contributed by atoms with Crippen LogP contribution in [0.1, 0.15) is 5.56 Å². The third-order valence-corrected chi connectivity index (χ3v) is 5.74. The maximum absolute atomic E-state index is 11.0. The van der Waals surface area contributed by atoms with Gasteiger partial charge in [-0.25, -0.2) is 16.8 Å². The second-order valence-corrected chi connectivity index (χ2v) is 9.06. The van der Waals surface area contributed by atoms with Gasteiger partial charge in [-0.2, -0.15) is 10.2 Å². The first kappa shape index (κ1) is 31.7. The number of anilines is 2. The summed E-state index contributed by atoms with van der Waals surface area (Å²) in [6, 6.07) is 19.3. The molecule has 0 heterocycles. The molecule has 0 saturated carbocycles. The monoisotopic (exact) mass is 550 g/mol. The molecule has 3 aromatic rings. The van der Waals surface area contributed by atoms with Gasteiger partial charge in [0, 0.05) is 5.56 Å². The van der Waals surface area contributed by atoms with Gasteiger partial charge in [-0.1, -0.05) is 30.3 Å². The van der Waals surface area contributed by atoms with Crippen LogP contribution in [0.3, 0.4) is 0 Å². The molecule has 0 radical (unpaired) electrons. The van der Waals surface area contributed by atoms with Crippen molar-refractivity contribution in [3.63, 3.8) is 0 Å². The topological polar surface area (TPSA) is 163 Å². The van der Waals surface area contributed by atoms with E-state index in [1.165, 1.54) is 54.7 Å². The van der Waals surface area contributed by atoms with Crippen LogP contribution >= 0.6 is 0 Å². The largest absolute Gasteiger partial charge is 1.00 e. The van der Waals surface area contributed by atoms with Gasteiger partial charge in [0.05, 0.1) is 27.4 Å². The Labute approximate surface area is 282 Å². The summed E-state index contributed by atoms with van der Waals surface area (Å²) in [6.07, 6.45) is 1.41. The van der Waals surface area contributed by atoms with Gasteiger partial charge < -0.3 is 9.11 Å². The van der Waals surface area contributed by atoms with Gasteiger partial charge >= 0.3 is 103 Å². The average molecular weight is 551 g/mol. The maximum Gasteiger partial charge on any atom is 1.00 e. The van der Waals surface area contributed by atoms with Crippen molar-refractivity contribution in [2.45, 2.75) is 9.79 Å². The minimum absolute atomic E-state index is 0. The van der Waals surface area contributed by atoms with Crippen LogP contribution in [0.2, 0.25) is 0 Å². The molecule has 0 fully saturated rings. The molecule has 14 heteroatoms. The van der Waals surface area contributed by atoms with E-state index < -0.39 is 20.2 Å². The average Bonchev–Trinajstić information content (AvgIpc) is 2.76. The Hall–Kier alpha value is -0.307. The zero-order valence-corrected chi connectivity index (χ0v) is 26.1. The molecular weight excluding hydrogens is 535 g/mol. The van der Waals surface area contributed by atoms with Gasteiger partial charge in [-0.3, -0.25) is 10.9 Å². The SMILES string of the molecule is O=S(=O)([O-])c1ccc(N/N=C/C(=N/Nc2ccc(S(=O)(=O)[O-])cc2)c2ccccc2)cc1.[K+].[K+]. The van der Waals surface area contributed by atoms with Gasteiger partial charge in [0.15, 0.2) is 0 Å². The molecule has 0 aliphatic heterocycles. The zero-order chi connectivity index (χ0) is 23.2. The van der Waals surface area contributed by atoms with Gasteiger partial charge in [0.25, 0.3) is 0 Å². The van der Waals surface area contributed by atoms with Crippen molar-refractivity contribution in [2.24, 2.45) is 10.2 Å². The molecule has 0 unspecified atom stereocenters. The summed E-state index contributed by atoms with van der Waals surface area (Å²) in [4.78, 5) is -0.699. The van der Waals surface area contributed by atoms with Crippen molar-refractivity contribution in [3.8, 4) is 0 Å². The number of nitrogens with one attached hydrogen (secondary N) is 2. The fourth-order valence-corrected chi connectivity index (χ4v) is 3.40. The molecule has 166 valence electrons. The van der Waals surface area contributed by atoms with Gasteiger partial charge in [-0.15, -0.1) is 0 Å². The first-order valence-corrected chi connectivity index (χ1v) is 11.7. The summed E-state index contributed by atoms with van der Waals surface area (Å²) in [5, 5.41) is 8.34. The molecule has 0 aliphatic carbocycles. The summed E-state index contributed by atoms with van der Waals surface area (Å²) in [5.41, 5.74) is 7.50. The fraction of sp³-hybridized carbons (Fsp3) is 0. The molecule has 0 amide bonds. The van der Waals surface area contributed by atoms with Crippen LogP contribution in [-0.2, 0) is 20.2 Å². The predicted octanol–water partition coefficient (Wildman–Crippen LogP) is -3.58. The Kier molecular flexibility index (Phi) is 13.5. The molecule has 0 aromatic heterocycles. The van der Waals surface area contributed by atoms with Crippen LogP contribution in [0.15, 0.2) is 98.9 Å². The Morgan fingerprint density at radius 3 is 1.56 bits per heavy atom. The maximum atomic E-state index is 11.0. The number of benzene rings is 3. The molecule has 3 rings (SSSR count). The molecule has 3 aromatic carbocycles. The molecule has 0 bridgehead atoms. The van der Waals surface area contributed by atoms with Crippen molar-refractivity contribution in [2.75, 3.05) is 10.9 Å². The molecule has 2 N–H and O–H groups in total. The second-order valence-electron chi connectivity index (χ2n) is 6.30. The number of hydrazone groups is 2. The molecule has 10 nitrogen and oxygen atoms in total. The molecule has 0 atom stereocenters. The summed E-state index contributed by atoms with van der Waals surface area (Å²) in [7, 11) is -9.07. The van der Waals surface area contributed by atoms with E-state index in [0.717, 1.165) is 5.56 Å². The van der Waals surface area contributed by atoms with Crippen molar-refractivity contribution in [1.82, 2.24) is 0 Å². The minimum atomic E-state index is -4.54. The van der Waals surface area contributed by atoms with E-state index in [4.69, 9.17) is 0 Å². The molecule has 34 heavy (non-hydrogen) atoms. The Morgan fingerprint density at radius 2 is 1.12 bits per heavy atom. The summed E-state index contributed by atoms with van der Waals surface area (Å²) >= 11 is 0. The zero-order valence-electron chi connectivity index (χ0n) is 18.2. The minimum Gasteiger partial charge on any atom is -0.744 e. The standard InChI is InChI=1S/C20H18N4O6S2.2K/c25-31(26,27)18-10-6-16(7-11-18)22-21-14-20(15-4-2-1-3-5-15)24-23-17-8-12-19(13-9-17)32(28,29)30;;/h1-14,22-23H,(H,25,26,27)(H,28,29,30);;/q;2*+1/p-2/b21-14+,24-20-;;. The summed E-state index contributed by atoms with van der Waals surface area (Å²) in [6.45, 7) is 0. The van der Waals surface area contributed by atoms with E-state index >= 15 is 0 Å². The van der Waals surface area contributed by atoms with Crippen LogP contribution in [0.4, 0.5) is 11.4 Å². The van der Waals surface area contributed by atoms with Crippen molar-refractivity contribution in [3.05, 3.63) is 84.4 Å². The van der Waals surface area contributed by atoms with E-state index in [1.54, 1.807) is 12.1 Å². The third-order valence-electron chi connectivity index (χ3n) is 4.04.